The first kappa shape index (κ1) is 16.1. The number of aromatic nitrogens is 4. The highest BCUT2D eigenvalue weighted by Crippen LogP contribution is 2.28. The summed E-state index contributed by atoms with van der Waals surface area (Å²) in [6.07, 6.45) is 7.69. The van der Waals surface area contributed by atoms with Crippen LogP contribution in [0.15, 0.2) is 43.1 Å². The maximum atomic E-state index is 12.6. The fourth-order valence-electron chi connectivity index (χ4n) is 3.48. The van der Waals surface area contributed by atoms with Gasteiger partial charge >= 0.3 is 0 Å². The Balaban J connectivity index is 1.45. The number of halogens is 1. The maximum Gasteiger partial charge on any atom is 0.272 e. The van der Waals surface area contributed by atoms with Crippen LogP contribution in [0.4, 0.5) is 0 Å². The van der Waals surface area contributed by atoms with E-state index < -0.39 is 6.10 Å². The van der Waals surface area contributed by atoms with Gasteiger partial charge in [0.15, 0.2) is 5.69 Å². The first-order chi connectivity index (χ1) is 12.1. The zero-order valence-electron chi connectivity index (χ0n) is 13.4. The van der Waals surface area contributed by atoms with Crippen molar-refractivity contribution in [2.75, 3.05) is 0 Å². The Bertz CT molecular complexity index is 892. The van der Waals surface area contributed by atoms with Crippen molar-refractivity contribution in [3.05, 3.63) is 53.8 Å². The summed E-state index contributed by atoms with van der Waals surface area (Å²) in [4.78, 5) is 16.8. The Morgan fingerprint density at radius 1 is 1.40 bits per heavy atom. The van der Waals surface area contributed by atoms with Crippen LogP contribution in [-0.2, 0) is 6.54 Å². The minimum atomic E-state index is -0.562. The van der Waals surface area contributed by atoms with Gasteiger partial charge in [-0.15, -0.1) is 0 Å². The van der Waals surface area contributed by atoms with Crippen molar-refractivity contribution >= 4 is 23.0 Å². The van der Waals surface area contributed by atoms with Gasteiger partial charge in [0.1, 0.15) is 6.33 Å². The van der Waals surface area contributed by atoms with E-state index in [9.17, 15) is 9.90 Å². The van der Waals surface area contributed by atoms with Crippen LogP contribution >= 0.6 is 11.6 Å². The van der Waals surface area contributed by atoms with Gasteiger partial charge < -0.3 is 14.8 Å². The Kier molecular flexibility index (Phi) is 4.19. The van der Waals surface area contributed by atoms with E-state index in [1.165, 1.54) is 0 Å². The summed E-state index contributed by atoms with van der Waals surface area (Å²) in [7, 11) is 0. The minimum Gasteiger partial charge on any atom is -0.391 e. The Hall–Kier alpha value is -2.38. The topological polar surface area (TPSA) is 84.5 Å². The molecular formula is C17H18ClN5O2. The Labute approximate surface area is 149 Å². The molecule has 3 aromatic heterocycles. The van der Waals surface area contributed by atoms with Crippen LogP contribution in [-0.4, -0.2) is 42.3 Å². The van der Waals surface area contributed by atoms with Crippen molar-refractivity contribution in [2.24, 2.45) is 5.92 Å². The molecule has 1 fully saturated rings. The number of nitrogens with zero attached hydrogens (tertiary/aromatic N) is 4. The average Bonchev–Trinajstić information content (AvgIpc) is 3.29. The lowest BCUT2D eigenvalue weighted by atomic mass is 10.1. The molecular weight excluding hydrogens is 342 g/mol. The van der Waals surface area contributed by atoms with Crippen molar-refractivity contribution in [1.82, 2.24) is 24.5 Å². The van der Waals surface area contributed by atoms with Crippen LogP contribution in [0.3, 0.4) is 0 Å². The molecule has 0 spiro atoms. The first-order valence-electron chi connectivity index (χ1n) is 8.19. The summed E-state index contributed by atoms with van der Waals surface area (Å²) in [6.45, 7) is 0.738. The highest BCUT2D eigenvalue weighted by molar-refractivity contribution is 6.30. The summed E-state index contributed by atoms with van der Waals surface area (Å²) >= 11 is 5.95. The second-order valence-corrected chi connectivity index (χ2v) is 6.88. The number of imidazole rings is 1. The van der Waals surface area contributed by atoms with Crippen LogP contribution in [0.2, 0.25) is 5.02 Å². The molecule has 2 N–H and O–H groups in total. The van der Waals surface area contributed by atoms with E-state index >= 15 is 0 Å². The standard InChI is InChI=1S/C17H18ClN5O2/c18-12-2-3-14-16(19-10-22(14)9-12)17(25)21-13-6-11(7-15(13)24)8-23-5-1-4-20-23/h1-5,9-11,13,15,24H,6-8H2,(H,21,25)/t11?,13-,15-/m1/s1. The monoisotopic (exact) mass is 359 g/mol. The number of amides is 1. The van der Waals surface area contributed by atoms with Crippen molar-refractivity contribution in [2.45, 2.75) is 31.5 Å². The van der Waals surface area contributed by atoms with Gasteiger partial charge in [-0.2, -0.15) is 5.10 Å². The third-order valence-corrected chi connectivity index (χ3v) is 4.88. The summed E-state index contributed by atoms with van der Waals surface area (Å²) in [6, 6.07) is 5.08. The highest BCUT2D eigenvalue weighted by Gasteiger charge is 2.34. The van der Waals surface area contributed by atoms with E-state index in [2.05, 4.69) is 15.4 Å². The molecule has 8 heteroatoms. The molecule has 4 rings (SSSR count). The molecule has 3 atom stereocenters. The van der Waals surface area contributed by atoms with E-state index in [4.69, 9.17) is 11.6 Å². The summed E-state index contributed by atoms with van der Waals surface area (Å²) in [5.41, 5.74) is 1.02. The molecule has 25 heavy (non-hydrogen) atoms. The van der Waals surface area contributed by atoms with Crippen LogP contribution in [0.5, 0.6) is 0 Å². The molecule has 1 aliphatic rings. The second kappa shape index (κ2) is 6.50. The van der Waals surface area contributed by atoms with Crippen molar-refractivity contribution in [3.63, 3.8) is 0 Å². The highest BCUT2D eigenvalue weighted by atomic mass is 35.5. The number of hydrogen-bond donors (Lipinski definition) is 2. The van der Waals surface area contributed by atoms with E-state index in [0.717, 1.165) is 6.54 Å². The summed E-state index contributed by atoms with van der Waals surface area (Å²) < 4.78 is 3.57. The number of nitrogens with one attached hydrogen (secondary N) is 1. The van der Waals surface area contributed by atoms with Gasteiger partial charge in [0.25, 0.3) is 5.91 Å². The van der Waals surface area contributed by atoms with Crippen molar-refractivity contribution in [1.29, 1.82) is 0 Å². The fourth-order valence-corrected chi connectivity index (χ4v) is 3.65. The largest absolute Gasteiger partial charge is 0.391 e. The van der Waals surface area contributed by atoms with Gasteiger partial charge in [0.2, 0.25) is 0 Å². The van der Waals surface area contributed by atoms with E-state index in [-0.39, 0.29) is 17.9 Å². The number of aliphatic hydroxyl groups excluding tert-OH is 1. The Morgan fingerprint density at radius 3 is 3.08 bits per heavy atom. The van der Waals surface area contributed by atoms with Crippen molar-refractivity contribution in [3.8, 4) is 0 Å². The summed E-state index contributed by atoms with van der Waals surface area (Å²) in [5, 5.41) is 18.0. The zero-order chi connectivity index (χ0) is 17.4. The molecule has 130 valence electrons. The van der Waals surface area contributed by atoms with Gasteiger partial charge in [-0.05, 0) is 37.0 Å². The predicted octanol–water partition coefficient (Wildman–Crippen LogP) is 1.75. The molecule has 0 aliphatic heterocycles. The molecule has 0 aromatic carbocycles. The third kappa shape index (κ3) is 3.25. The third-order valence-electron chi connectivity index (χ3n) is 4.66. The van der Waals surface area contributed by atoms with Gasteiger partial charge in [-0.3, -0.25) is 9.48 Å². The minimum absolute atomic E-state index is 0.276. The molecule has 0 radical (unpaired) electrons. The van der Waals surface area contributed by atoms with Crippen molar-refractivity contribution < 1.29 is 9.90 Å². The van der Waals surface area contributed by atoms with Gasteiger partial charge in [0.05, 0.1) is 22.7 Å². The normalized spacial score (nSPS) is 23.2. The van der Waals surface area contributed by atoms with Gasteiger partial charge in [-0.1, -0.05) is 11.6 Å². The number of pyridine rings is 1. The SMILES string of the molecule is O=C(N[C@@H]1CC(Cn2cccn2)C[C@H]1O)c1ncn2cc(Cl)ccc12. The zero-order valence-corrected chi connectivity index (χ0v) is 14.2. The summed E-state index contributed by atoms with van der Waals surface area (Å²) in [5.74, 6) is -0.00800. The van der Waals surface area contributed by atoms with E-state index in [1.807, 2.05) is 16.9 Å². The number of rotatable bonds is 4. The quantitative estimate of drug-likeness (QED) is 0.743. The number of aliphatic hydroxyl groups is 1. The number of fused-ring (bicyclic) bond motifs is 1. The molecule has 1 saturated carbocycles. The van der Waals surface area contributed by atoms with Crippen LogP contribution in [0.25, 0.3) is 5.52 Å². The molecule has 3 heterocycles. The van der Waals surface area contributed by atoms with Crippen LogP contribution < -0.4 is 5.32 Å². The molecule has 1 aliphatic carbocycles. The smallest absolute Gasteiger partial charge is 0.272 e. The lowest BCUT2D eigenvalue weighted by Gasteiger charge is -2.15. The van der Waals surface area contributed by atoms with Crippen LogP contribution in [0.1, 0.15) is 23.3 Å². The van der Waals surface area contributed by atoms with Gasteiger partial charge in [-0.25, -0.2) is 4.98 Å². The molecule has 1 unspecified atom stereocenters. The maximum absolute atomic E-state index is 12.6. The molecule has 7 nitrogen and oxygen atoms in total. The van der Waals surface area contributed by atoms with Gasteiger partial charge in [0, 0.05) is 25.1 Å². The average molecular weight is 360 g/mol. The lowest BCUT2D eigenvalue weighted by molar-refractivity contribution is 0.0870. The lowest BCUT2D eigenvalue weighted by Crippen LogP contribution is -2.40. The molecule has 1 amide bonds. The first-order valence-corrected chi connectivity index (χ1v) is 8.56. The Morgan fingerprint density at radius 2 is 2.28 bits per heavy atom. The van der Waals surface area contributed by atoms with Crippen LogP contribution in [0, 0.1) is 5.92 Å². The number of carbonyl (C=O) groups excluding carboxylic acids is 1. The molecule has 0 bridgehead atoms. The molecule has 0 saturated heterocycles. The number of hydrogen-bond acceptors (Lipinski definition) is 4. The predicted molar refractivity (Wildman–Crippen MR) is 92.4 cm³/mol. The molecule has 3 aromatic rings. The van der Waals surface area contributed by atoms with E-state index in [0.29, 0.717) is 29.1 Å². The fraction of sp³-hybridized carbons (Fsp3) is 0.353. The second-order valence-electron chi connectivity index (χ2n) is 6.45. The van der Waals surface area contributed by atoms with E-state index in [1.54, 1.807) is 35.3 Å². The number of carbonyl (C=O) groups is 1.